The van der Waals surface area contributed by atoms with Gasteiger partial charge in [0.05, 0.1) is 17.9 Å². The molecule has 0 atom stereocenters. The molecular weight excluding hydrogens is 312 g/mol. The van der Waals surface area contributed by atoms with Gasteiger partial charge >= 0.3 is 0 Å². The molecule has 0 aliphatic carbocycles. The lowest BCUT2D eigenvalue weighted by Crippen LogP contribution is -2.21. The number of amides is 1. The zero-order chi connectivity index (χ0) is 17.7. The van der Waals surface area contributed by atoms with E-state index in [1.54, 1.807) is 6.92 Å². The lowest BCUT2D eigenvalue weighted by Gasteiger charge is -2.11. The van der Waals surface area contributed by atoms with Crippen LogP contribution in [0.1, 0.15) is 22.4 Å². The molecular formula is C17H18N2O5. The minimum Gasteiger partial charge on any atom is -0.507 e. The number of pyridine rings is 1. The van der Waals surface area contributed by atoms with Gasteiger partial charge in [0.25, 0.3) is 0 Å². The van der Waals surface area contributed by atoms with Crippen LogP contribution < -0.4 is 5.32 Å². The van der Waals surface area contributed by atoms with E-state index in [2.05, 4.69) is 10.3 Å². The van der Waals surface area contributed by atoms with E-state index in [4.69, 9.17) is 0 Å². The van der Waals surface area contributed by atoms with Crippen molar-refractivity contribution in [2.75, 3.05) is 0 Å². The van der Waals surface area contributed by atoms with Crippen LogP contribution in [-0.2, 0) is 17.9 Å². The molecule has 1 heterocycles. The number of hydrogen-bond donors (Lipinski definition) is 5. The Kier molecular flexibility index (Phi) is 5.39. The molecule has 1 aromatic carbocycles. The zero-order valence-corrected chi connectivity index (χ0v) is 13.0. The molecule has 2 aromatic rings. The van der Waals surface area contributed by atoms with Gasteiger partial charge in [-0.15, -0.1) is 0 Å². The molecule has 0 aliphatic rings. The van der Waals surface area contributed by atoms with E-state index in [0.717, 1.165) is 6.08 Å². The molecule has 0 fully saturated rings. The van der Waals surface area contributed by atoms with E-state index in [0.29, 0.717) is 16.8 Å². The standard InChI is InChI=1S/C17H18N2O5/c1-10-17(24)13(11(9-20)7-18-10)8-19-16(23)6-5-12-14(21)3-2-4-15(12)22/h2-7,20-22,24H,8-9H2,1H3,(H,19,23)/b6-5+. The predicted octanol–water partition coefficient (Wildman–Crippen LogP) is 1.33. The van der Waals surface area contributed by atoms with Crippen molar-refractivity contribution in [3.63, 3.8) is 0 Å². The van der Waals surface area contributed by atoms with E-state index < -0.39 is 5.91 Å². The Labute approximate surface area is 138 Å². The van der Waals surface area contributed by atoms with Crippen LogP contribution in [0.4, 0.5) is 0 Å². The highest BCUT2D eigenvalue weighted by Crippen LogP contribution is 2.27. The highest BCUT2D eigenvalue weighted by molar-refractivity contribution is 5.92. The first-order chi connectivity index (χ1) is 11.4. The maximum Gasteiger partial charge on any atom is 0.244 e. The quantitative estimate of drug-likeness (QED) is 0.527. The molecule has 1 aromatic heterocycles. The van der Waals surface area contributed by atoms with Crippen LogP contribution >= 0.6 is 0 Å². The van der Waals surface area contributed by atoms with E-state index in [1.807, 2.05) is 0 Å². The summed E-state index contributed by atoms with van der Waals surface area (Å²) in [5.74, 6) is -0.868. The molecule has 0 unspecified atom stereocenters. The third-order valence-corrected chi connectivity index (χ3v) is 3.50. The number of aromatic hydroxyl groups is 3. The lowest BCUT2D eigenvalue weighted by atomic mass is 10.1. The van der Waals surface area contributed by atoms with E-state index in [-0.39, 0.29) is 36.0 Å². The topological polar surface area (TPSA) is 123 Å². The SMILES string of the molecule is Cc1ncc(CO)c(CNC(=O)/C=C/c2c(O)cccc2O)c1O. The van der Waals surface area contributed by atoms with Crippen molar-refractivity contribution in [1.82, 2.24) is 10.3 Å². The summed E-state index contributed by atoms with van der Waals surface area (Å²) in [5.41, 5.74) is 1.33. The van der Waals surface area contributed by atoms with Crippen molar-refractivity contribution in [3.8, 4) is 17.2 Å². The molecule has 1 amide bonds. The molecule has 0 saturated carbocycles. The van der Waals surface area contributed by atoms with Crippen LogP contribution in [0, 0.1) is 6.92 Å². The number of nitrogens with one attached hydrogen (secondary N) is 1. The lowest BCUT2D eigenvalue weighted by molar-refractivity contribution is -0.116. The second-order valence-electron chi connectivity index (χ2n) is 5.12. The molecule has 0 aliphatic heterocycles. The molecule has 126 valence electrons. The van der Waals surface area contributed by atoms with Gasteiger partial charge in [0.15, 0.2) is 0 Å². The van der Waals surface area contributed by atoms with Gasteiger partial charge in [-0.2, -0.15) is 0 Å². The highest BCUT2D eigenvalue weighted by Gasteiger charge is 2.12. The van der Waals surface area contributed by atoms with Crippen LogP contribution in [0.5, 0.6) is 17.2 Å². The van der Waals surface area contributed by atoms with Gasteiger partial charge in [-0.1, -0.05) is 6.07 Å². The molecule has 0 bridgehead atoms. The van der Waals surface area contributed by atoms with E-state index in [9.17, 15) is 25.2 Å². The summed E-state index contributed by atoms with van der Waals surface area (Å²) in [5, 5.41) is 41.1. The fourth-order valence-corrected chi connectivity index (χ4v) is 2.12. The minimum atomic E-state index is -0.490. The summed E-state index contributed by atoms with van der Waals surface area (Å²) in [7, 11) is 0. The van der Waals surface area contributed by atoms with Gasteiger partial charge in [0.1, 0.15) is 17.2 Å². The smallest absolute Gasteiger partial charge is 0.244 e. The Balaban J connectivity index is 2.09. The Morgan fingerprint density at radius 1 is 1.25 bits per heavy atom. The monoisotopic (exact) mass is 330 g/mol. The van der Waals surface area contributed by atoms with Gasteiger partial charge in [-0.3, -0.25) is 9.78 Å². The number of phenolic OH excluding ortho intramolecular Hbond substituents is 2. The van der Waals surface area contributed by atoms with Gasteiger partial charge in [0, 0.05) is 29.9 Å². The molecule has 0 saturated heterocycles. The normalized spacial score (nSPS) is 10.9. The largest absolute Gasteiger partial charge is 0.507 e. The highest BCUT2D eigenvalue weighted by atomic mass is 16.3. The average Bonchev–Trinajstić information content (AvgIpc) is 2.55. The van der Waals surface area contributed by atoms with Crippen molar-refractivity contribution in [2.45, 2.75) is 20.1 Å². The Morgan fingerprint density at radius 3 is 2.54 bits per heavy atom. The van der Waals surface area contributed by atoms with E-state index >= 15 is 0 Å². The molecule has 2 rings (SSSR count). The Morgan fingerprint density at radius 2 is 1.92 bits per heavy atom. The van der Waals surface area contributed by atoms with Crippen LogP contribution in [-0.4, -0.2) is 31.3 Å². The number of aromatic nitrogens is 1. The first-order valence-corrected chi connectivity index (χ1v) is 7.18. The number of aliphatic hydroxyl groups excluding tert-OH is 1. The van der Waals surface area contributed by atoms with Crippen LogP contribution in [0.2, 0.25) is 0 Å². The van der Waals surface area contributed by atoms with Crippen molar-refractivity contribution in [2.24, 2.45) is 0 Å². The summed E-state index contributed by atoms with van der Waals surface area (Å²) in [4.78, 5) is 15.8. The first-order valence-electron chi connectivity index (χ1n) is 7.18. The fraction of sp³-hybridized carbons (Fsp3) is 0.176. The van der Waals surface area contributed by atoms with Gasteiger partial charge in [0.2, 0.25) is 5.91 Å². The summed E-state index contributed by atoms with van der Waals surface area (Å²) >= 11 is 0. The number of rotatable bonds is 5. The van der Waals surface area contributed by atoms with Crippen LogP contribution in [0.15, 0.2) is 30.5 Å². The zero-order valence-electron chi connectivity index (χ0n) is 13.0. The summed E-state index contributed by atoms with van der Waals surface area (Å²) in [6.07, 6.45) is 3.87. The second kappa shape index (κ2) is 7.47. The molecule has 7 nitrogen and oxygen atoms in total. The molecule has 5 N–H and O–H groups in total. The molecule has 0 radical (unpaired) electrons. The number of benzene rings is 1. The van der Waals surface area contributed by atoms with Crippen molar-refractivity contribution in [1.29, 1.82) is 0 Å². The maximum absolute atomic E-state index is 11.9. The molecule has 24 heavy (non-hydrogen) atoms. The number of carbonyl (C=O) groups excluding carboxylic acids is 1. The number of aliphatic hydroxyl groups is 1. The van der Waals surface area contributed by atoms with Gasteiger partial charge < -0.3 is 25.7 Å². The number of phenols is 2. The number of nitrogens with zero attached hydrogens (tertiary/aromatic N) is 1. The Hall–Kier alpha value is -3.06. The van der Waals surface area contributed by atoms with Crippen molar-refractivity contribution >= 4 is 12.0 Å². The Bertz CT molecular complexity index is 767. The summed E-state index contributed by atoms with van der Waals surface area (Å²) in [6.45, 7) is 1.30. The third-order valence-electron chi connectivity index (χ3n) is 3.50. The summed E-state index contributed by atoms with van der Waals surface area (Å²) < 4.78 is 0. The maximum atomic E-state index is 11.9. The fourth-order valence-electron chi connectivity index (χ4n) is 2.12. The average molecular weight is 330 g/mol. The minimum absolute atomic E-state index is 0.00101. The van der Waals surface area contributed by atoms with E-state index in [1.165, 1.54) is 30.5 Å². The van der Waals surface area contributed by atoms with Crippen molar-refractivity contribution in [3.05, 3.63) is 52.9 Å². The number of hydrogen-bond acceptors (Lipinski definition) is 6. The first kappa shape index (κ1) is 17.3. The number of carbonyl (C=O) groups is 1. The predicted molar refractivity (Wildman–Crippen MR) is 87.2 cm³/mol. The molecule has 0 spiro atoms. The van der Waals surface area contributed by atoms with Crippen LogP contribution in [0.3, 0.4) is 0 Å². The van der Waals surface area contributed by atoms with Gasteiger partial charge in [-0.25, -0.2) is 0 Å². The van der Waals surface area contributed by atoms with Crippen LogP contribution in [0.25, 0.3) is 6.08 Å². The molecule has 7 heteroatoms. The number of aryl methyl sites for hydroxylation is 1. The van der Waals surface area contributed by atoms with Gasteiger partial charge in [-0.05, 0) is 25.1 Å². The summed E-state index contributed by atoms with van der Waals surface area (Å²) in [6, 6.07) is 4.26. The third kappa shape index (κ3) is 3.82. The second-order valence-corrected chi connectivity index (χ2v) is 5.12. The van der Waals surface area contributed by atoms with Crippen molar-refractivity contribution < 1.29 is 25.2 Å².